The fourth-order valence-electron chi connectivity index (χ4n) is 3.08. The summed E-state index contributed by atoms with van der Waals surface area (Å²) >= 11 is 1.30. The number of aryl methyl sites for hydroxylation is 1. The van der Waals surface area contributed by atoms with Crippen LogP contribution in [-0.2, 0) is 0 Å². The zero-order chi connectivity index (χ0) is 17.9. The third-order valence-corrected chi connectivity index (χ3v) is 5.12. The smallest absolute Gasteiger partial charge is 0.253 e. The first-order chi connectivity index (χ1) is 12.8. The van der Waals surface area contributed by atoms with Crippen molar-refractivity contribution in [3.05, 3.63) is 24.2 Å². The second-order valence-electron chi connectivity index (χ2n) is 6.10. The molecule has 0 N–H and O–H groups in total. The Labute approximate surface area is 155 Å². The van der Waals surface area contributed by atoms with Gasteiger partial charge in [0.1, 0.15) is 0 Å². The largest absolute Gasteiger partial charge is 0.341 e. The number of rotatable bonds is 4. The number of piperidine rings is 1. The van der Waals surface area contributed by atoms with Crippen molar-refractivity contribution in [1.82, 2.24) is 29.5 Å². The molecule has 0 amide bonds. The molecule has 0 aromatic carbocycles. The molecule has 1 saturated heterocycles. The van der Waals surface area contributed by atoms with Crippen LogP contribution in [0.2, 0.25) is 0 Å². The minimum Gasteiger partial charge on any atom is -0.341 e. The van der Waals surface area contributed by atoms with E-state index < -0.39 is 0 Å². The fraction of sp³-hybridized carbons (Fsp3) is 0.412. The second kappa shape index (κ2) is 7.25. The molecule has 26 heavy (non-hydrogen) atoms. The molecule has 4 heterocycles. The summed E-state index contributed by atoms with van der Waals surface area (Å²) in [5.41, 5.74) is 2.64. The lowest BCUT2D eigenvalue weighted by Crippen LogP contribution is -2.31. The molecule has 0 aliphatic carbocycles. The van der Waals surface area contributed by atoms with Crippen molar-refractivity contribution in [3.63, 3.8) is 0 Å². The van der Waals surface area contributed by atoms with E-state index in [1.807, 2.05) is 13.0 Å². The molecule has 132 valence electrons. The van der Waals surface area contributed by atoms with Gasteiger partial charge in [0.2, 0.25) is 11.1 Å². The Balaban J connectivity index is 1.70. The van der Waals surface area contributed by atoms with Crippen LogP contribution in [0.15, 0.2) is 23.6 Å². The number of thioether (sulfide) groups is 1. The van der Waals surface area contributed by atoms with E-state index in [2.05, 4.69) is 31.0 Å². The van der Waals surface area contributed by atoms with Gasteiger partial charge in [0.05, 0.1) is 23.2 Å². The summed E-state index contributed by atoms with van der Waals surface area (Å²) in [6.07, 6.45) is 7.21. The number of fused-ring (bicyclic) bond motifs is 1. The Bertz CT molecular complexity index is 971. The van der Waals surface area contributed by atoms with Crippen LogP contribution >= 0.6 is 11.8 Å². The normalized spacial score (nSPS) is 14.5. The Morgan fingerprint density at radius 1 is 1.19 bits per heavy atom. The Kier molecular flexibility index (Phi) is 4.67. The zero-order valence-corrected chi connectivity index (χ0v) is 15.3. The number of aromatic nitrogens is 6. The van der Waals surface area contributed by atoms with Gasteiger partial charge in [-0.3, -0.25) is 0 Å². The average Bonchev–Trinajstić information content (AvgIpc) is 3.11. The number of hydrogen-bond donors (Lipinski definition) is 0. The van der Waals surface area contributed by atoms with Crippen molar-refractivity contribution in [2.45, 2.75) is 31.3 Å². The van der Waals surface area contributed by atoms with Gasteiger partial charge in [-0.1, -0.05) is 11.8 Å². The van der Waals surface area contributed by atoms with Gasteiger partial charge in [0, 0.05) is 31.0 Å². The van der Waals surface area contributed by atoms with E-state index >= 15 is 0 Å². The van der Waals surface area contributed by atoms with Gasteiger partial charge >= 0.3 is 0 Å². The Morgan fingerprint density at radius 2 is 2.04 bits per heavy atom. The minimum absolute atomic E-state index is 0.313. The van der Waals surface area contributed by atoms with Crippen LogP contribution in [0.4, 0.5) is 5.95 Å². The third kappa shape index (κ3) is 3.20. The second-order valence-corrected chi connectivity index (χ2v) is 7.04. The van der Waals surface area contributed by atoms with E-state index in [4.69, 9.17) is 10.2 Å². The van der Waals surface area contributed by atoms with Gasteiger partial charge in [0.25, 0.3) is 5.78 Å². The highest BCUT2D eigenvalue weighted by Crippen LogP contribution is 2.24. The van der Waals surface area contributed by atoms with Crippen molar-refractivity contribution >= 4 is 23.5 Å². The third-order valence-electron chi connectivity index (χ3n) is 4.41. The van der Waals surface area contributed by atoms with E-state index in [0.717, 1.165) is 36.0 Å². The highest BCUT2D eigenvalue weighted by atomic mass is 32.2. The lowest BCUT2D eigenvalue weighted by Gasteiger charge is -2.26. The maximum absolute atomic E-state index is 8.72. The average molecular weight is 366 g/mol. The van der Waals surface area contributed by atoms with Crippen LogP contribution in [0.1, 0.15) is 25.0 Å². The molecule has 0 radical (unpaired) electrons. The first-order valence-electron chi connectivity index (χ1n) is 8.57. The molecule has 1 fully saturated rings. The summed E-state index contributed by atoms with van der Waals surface area (Å²) in [7, 11) is 0. The summed E-state index contributed by atoms with van der Waals surface area (Å²) in [5, 5.41) is 13.7. The van der Waals surface area contributed by atoms with Crippen LogP contribution in [-0.4, -0.2) is 48.4 Å². The van der Waals surface area contributed by atoms with Crippen LogP contribution in [0.3, 0.4) is 0 Å². The highest BCUT2D eigenvalue weighted by Gasteiger charge is 2.16. The molecule has 3 aromatic heterocycles. The Hall–Kier alpha value is -2.73. The molecule has 3 aromatic rings. The molecule has 9 heteroatoms. The van der Waals surface area contributed by atoms with Gasteiger partial charge in [0.15, 0.2) is 0 Å². The van der Waals surface area contributed by atoms with Crippen LogP contribution in [0.25, 0.3) is 17.0 Å². The standard InChI is InChI=1S/C17H18N8S/c1-12-13(11-20-16-22-17(23-25(12)16)26-10-6-18)14-5-7-19-15(21-14)24-8-3-2-4-9-24/h5,7,11H,2-4,8-10H2,1H3. The summed E-state index contributed by atoms with van der Waals surface area (Å²) in [5.74, 6) is 1.61. The molecule has 0 atom stereocenters. The van der Waals surface area contributed by atoms with E-state index in [1.54, 1.807) is 16.9 Å². The SMILES string of the molecule is Cc1c(-c2ccnc(N3CCCCC3)n2)cnc2nc(SCC#N)nn12. The van der Waals surface area contributed by atoms with E-state index in [1.165, 1.54) is 31.0 Å². The predicted octanol–water partition coefficient (Wildman–Crippen LogP) is 2.50. The molecule has 4 rings (SSSR count). The number of nitrogens with zero attached hydrogens (tertiary/aromatic N) is 8. The van der Waals surface area contributed by atoms with Crippen molar-refractivity contribution in [3.8, 4) is 17.3 Å². The fourth-order valence-corrected chi connectivity index (χ4v) is 3.56. The highest BCUT2D eigenvalue weighted by molar-refractivity contribution is 7.99. The van der Waals surface area contributed by atoms with Crippen LogP contribution in [0, 0.1) is 18.3 Å². The van der Waals surface area contributed by atoms with Crippen LogP contribution < -0.4 is 4.90 Å². The summed E-state index contributed by atoms with van der Waals surface area (Å²) in [4.78, 5) is 20.2. The van der Waals surface area contributed by atoms with Gasteiger partial charge in [-0.15, -0.1) is 5.10 Å². The van der Waals surface area contributed by atoms with Crippen molar-refractivity contribution in [1.29, 1.82) is 5.26 Å². The van der Waals surface area contributed by atoms with E-state index in [-0.39, 0.29) is 0 Å². The number of anilines is 1. The van der Waals surface area contributed by atoms with Gasteiger partial charge in [-0.05, 0) is 32.3 Å². The van der Waals surface area contributed by atoms with Gasteiger partial charge < -0.3 is 4.90 Å². The summed E-state index contributed by atoms with van der Waals surface area (Å²) < 4.78 is 1.71. The lowest BCUT2D eigenvalue weighted by atomic mass is 10.1. The minimum atomic E-state index is 0.313. The molecular formula is C17H18N8S. The quantitative estimate of drug-likeness (QED) is 0.650. The molecule has 0 saturated carbocycles. The summed E-state index contributed by atoms with van der Waals surface area (Å²) in [6.45, 7) is 3.98. The zero-order valence-electron chi connectivity index (χ0n) is 14.5. The van der Waals surface area contributed by atoms with Gasteiger partial charge in [-0.2, -0.15) is 14.8 Å². The van der Waals surface area contributed by atoms with E-state index in [9.17, 15) is 0 Å². The molecule has 0 spiro atoms. The topological polar surface area (TPSA) is 95.9 Å². The number of nitriles is 1. The van der Waals surface area contributed by atoms with Crippen molar-refractivity contribution in [2.24, 2.45) is 0 Å². The lowest BCUT2D eigenvalue weighted by molar-refractivity contribution is 0.568. The van der Waals surface area contributed by atoms with Crippen molar-refractivity contribution < 1.29 is 0 Å². The van der Waals surface area contributed by atoms with Crippen molar-refractivity contribution in [2.75, 3.05) is 23.7 Å². The van der Waals surface area contributed by atoms with Gasteiger partial charge in [-0.25, -0.2) is 15.0 Å². The maximum Gasteiger partial charge on any atom is 0.253 e. The first kappa shape index (κ1) is 16.7. The molecule has 0 bridgehead atoms. The summed E-state index contributed by atoms with van der Waals surface area (Å²) in [6, 6.07) is 3.98. The number of hydrogen-bond acceptors (Lipinski definition) is 8. The molecule has 0 unspecified atom stereocenters. The van der Waals surface area contributed by atoms with E-state index in [0.29, 0.717) is 16.7 Å². The maximum atomic E-state index is 8.72. The van der Waals surface area contributed by atoms with Crippen LogP contribution in [0.5, 0.6) is 0 Å². The molecule has 1 aliphatic rings. The first-order valence-corrected chi connectivity index (χ1v) is 9.55. The molecule has 1 aliphatic heterocycles. The Morgan fingerprint density at radius 3 is 2.85 bits per heavy atom. The molecule has 8 nitrogen and oxygen atoms in total. The molecular weight excluding hydrogens is 348 g/mol. The monoisotopic (exact) mass is 366 g/mol. The predicted molar refractivity (Wildman–Crippen MR) is 98.9 cm³/mol.